The zero-order valence-corrected chi connectivity index (χ0v) is 18.2. The van der Waals surface area contributed by atoms with E-state index < -0.39 is 0 Å². The van der Waals surface area contributed by atoms with Crippen LogP contribution in [0.2, 0.25) is 0 Å². The monoisotopic (exact) mass is 431 g/mol. The maximum Gasteiger partial charge on any atom is 0.0984 e. The van der Waals surface area contributed by atoms with Gasteiger partial charge < -0.3 is 0 Å². The molecule has 1 saturated heterocycles. The number of piperidine rings is 1. The average molecular weight is 432 g/mol. The van der Waals surface area contributed by atoms with Gasteiger partial charge in [0.1, 0.15) is 0 Å². The van der Waals surface area contributed by atoms with Crippen molar-refractivity contribution in [2.24, 2.45) is 0 Å². The van der Waals surface area contributed by atoms with Gasteiger partial charge in [0, 0.05) is 48.0 Å². The molecule has 0 atom stereocenters. The van der Waals surface area contributed by atoms with Gasteiger partial charge in [0.2, 0.25) is 0 Å². The fraction of sp³-hybridized carbons (Fsp3) is 0.348. The number of nitrogens with zero attached hydrogens (tertiary/aromatic N) is 7. The average Bonchev–Trinajstić information content (AvgIpc) is 3.47. The molecule has 0 amide bonds. The highest BCUT2D eigenvalue weighted by atomic mass is 32.1. The van der Waals surface area contributed by atoms with Gasteiger partial charge in [0.15, 0.2) is 0 Å². The Hall–Kier alpha value is -2.97. The van der Waals surface area contributed by atoms with Crippen LogP contribution < -0.4 is 0 Å². The Kier molecular flexibility index (Phi) is 6.08. The zero-order chi connectivity index (χ0) is 20.9. The molecule has 7 nitrogen and oxygen atoms in total. The van der Waals surface area contributed by atoms with E-state index in [2.05, 4.69) is 43.4 Å². The molecule has 0 radical (unpaired) electrons. The van der Waals surface area contributed by atoms with Crippen molar-refractivity contribution in [1.82, 2.24) is 34.8 Å². The molecule has 8 heteroatoms. The van der Waals surface area contributed by atoms with E-state index in [-0.39, 0.29) is 0 Å². The molecule has 5 rings (SSSR count). The second-order valence-corrected chi connectivity index (χ2v) is 8.91. The Labute approximate surface area is 185 Å². The lowest BCUT2D eigenvalue weighted by Gasteiger charge is -2.31. The number of thiazole rings is 1. The summed E-state index contributed by atoms with van der Waals surface area (Å²) >= 11 is 1.69. The van der Waals surface area contributed by atoms with Crippen LogP contribution in [0, 0.1) is 0 Å². The Morgan fingerprint density at radius 3 is 2.61 bits per heavy atom. The molecule has 31 heavy (non-hydrogen) atoms. The Balaban J connectivity index is 1.14. The van der Waals surface area contributed by atoms with Crippen LogP contribution in [0.3, 0.4) is 0 Å². The quantitative estimate of drug-likeness (QED) is 0.446. The molecule has 0 saturated carbocycles. The molecule has 5 heterocycles. The first kappa shape index (κ1) is 20.0. The van der Waals surface area contributed by atoms with Crippen molar-refractivity contribution >= 4 is 11.3 Å². The predicted octanol–water partition coefficient (Wildman–Crippen LogP) is 3.54. The predicted molar refractivity (Wildman–Crippen MR) is 120 cm³/mol. The third-order valence-corrected chi connectivity index (χ3v) is 6.45. The van der Waals surface area contributed by atoms with Crippen molar-refractivity contribution in [2.75, 3.05) is 13.1 Å². The Morgan fingerprint density at radius 2 is 1.81 bits per heavy atom. The number of pyridine rings is 2. The molecule has 0 N–H and O–H groups in total. The summed E-state index contributed by atoms with van der Waals surface area (Å²) in [5.74, 6) is 0.521. The van der Waals surface area contributed by atoms with Crippen LogP contribution in [-0.4, -0.2) is 47.9 Å². The second kappa shape index (κ2) is 9.45. The van der Waals surface area contributed by atoms with Crippen LogP contribution >= 0.6 is 11.3 Å². The van der Waals surface area contributed by atoms with E-state index in [1.165, 1.54) is 5.69 Å². The molecule has 1 aliphatic heterocycles. The van der Waals surface area contributed by atoms with Crippen LogP contribution in [0.15, 0.2) is 60.4 Å². The SMILES string of the molecule is c1ccc(Cn2cc(CN3CCC(c4cccc(Cc5nccs5)n4)CC3)nn2)nc1. The van der Waals surface area contributed by atoms with Crippen LogP contribution in [-0.2, 0) is 19.5 Å². The minimum Gasteiger partial charge on any atom is -0.297 e. The molecule has 1 fully saturated rings. The van der Waals surface area contributed by atoms with Gasteiger partial charge in [-0.15, -0.1) is 16.4 Å². The molecule has 1 aliphatic rings. The molecular weight excluding hydrogens is 406 g/mol. The zero-order valence-electron chi connectivity index (χ0n) is 17.3. The van der Waals surface area contributed by atoms with Gasteiger partial charge in [-0.1, -0.05) is 17.3 Å². The highest BCUT2D eigenvalue weighted by molar-refractivity contribution is 7.09. The van der Waals surface area contributed by atoms with E-state index in [0.717, 1.165) is 61.0 Å². The summed E-state index contributed by atoms with van der Waals surface area (Å²) in [4.78, 5) is 16.1. The molecule has 158 valence electrons. The van der Waals surface area contributed by atoms with Crippen LogP contribution in [0.5, 0.6) is 0 Å². The van der Waals surface area contributed by atoms with Gasteiger partial charge in [-0.3, -0.25) is 14.9 Å². The summed E-state index contributed by atoms with van der Waals surface area (Å²) in [5.41, 5.74) is 4.33. The van der Waals surface area contributed by atoms with Crippen LogP contribution in [0.1, 0.15) is 46.5 Å². The van der Waals surface area contributed by atoms with Crippen molar-refractivity contribution in [3.8, 4) is 0 Å². The van der Waals surface area contributed by atoms with Crippen molar-refractivity contribution in [3.63, 3.8) is 0 Å². The normalized spacial score (nSPS) is 15.4. The van der Waals surface area contributed by atoms with Crippen molar-refractivity contribution in [2.45, 2.75) is 38.3 Å². The highest BCUT2D eigenvalue weighted by Gasteiger charge is 2.22. The number of rotatable bonds is 7. The largest absolute Gasteiger partial charge is 0.297 e. The van der Waals surface area contributed by atoms with Crippen LogP contribution in [0.25, 0.3) is 0 Å². The van der Waals surface area contributed by atoms with Gasteiger partial charge in [0.05, 0.1) is 29.1 Å². The van der Waals surface area contributed by atoms with Gasteiger partial charge in [-0.05, 0) is 50.2 Å². The lowest BCUT2D eigenvalue weighted by atomic mass is 9.92. The molecule has 0 aromatic carbocycles. The third kappa shape index (κ3) is 5.21. The van der Waals surface area contributed by atoms with Crippen LogP contribution in [0.4, 0.5) is 0 Å². The third-order valence-electron chi connectivity index (χ3n) is 5.67. The molecule has 0 aliphatic carbocycles. The summed E-state index contributed by atoms with van der Waals surface area (Å²) in [7, 11) is 0. The Morgan fingerprint density at radius 1 is 0.903 bits per heavy atom. The minimum absolute atomic E-state index is 0.521. The van der Waals surface area contributed by atoms with E-state index >= 15 is 0 Å². The fourth-order valence-electron chi connectivity index (χ4n) is 4.08. The molecule has 4 aromatic rings. The van der Waals surface area contributed by atoms with Crippen molar-refractivity contribution in [3.05, 3.63) is 88.2 Å². The van der Waals surface area contributed by atoms with Gasteiger partial charge in [-0.2, -0.15) is 0 Å². The highest BCUT2D eigenvalue weighted by Crippen LogP contribution is 2.27. The molecule has 4 aromatic heterocycles. The lowest BCUT2D eigenvalue weighted by molar-refractivity contribution is 0.201. The van der Waals surface area contributed by atoms with E-state index in [4.69, 9.17) is 4.98 Å². The summed E-state index contributed by atoms with van der Waals surface area (Å²) in [6.07, 6.45) is 8.76. The van der Waals surface area contributed by atoms with Gasteiger partial charge in [-0.25, -0.2) is 9.67 Å². The summed E-state index contributed by atoms with van der Waals surface area (Å²) in [6, 6.07) is 12.3. The first-order chi connectivity index (χ1) is 15.3. The molecule has 0 spiro atoms. The number of hydrogen-bond donors (Lipinski definition) is 0. The van der Waals surface area contributed by atoms with Crippen molar-refractivity contribution < 1.29 is 0 Å². The van der Waals surface area contributed by atoms with E-state index in [1.54, 1.807) is 17.5 Å². The van der Waals surface area contributed by atoms with E-state index in [1.807, 2.05) is 40.7 Å². The van der Waals surface area contributed by atoms with Crippen molar-refractivity contribution in [1.29, 1.82) is 0 Å². The molecule has 0 bridgehead atoms. The summed E-state index contributed by atoms with van der Waals surface area (Å²) in [6.45, 7) is 3.59. The standard InChI is InChI=1S/C23H25N7S/c1-2-9-24-20(4-1)16-30-17-21(27-28-30)15-29-11-7-18(8-12-29)22-6-3-5-19(26-22)14-23-25-10-13-31-23/h1-6,9-10,13,17-18H,7-8,11-12,14-16H2. The Bertz CT molecular complexity index is 1090. The molecule has 0 unspecified atom stereocenters. The summed E-state index contributed by atoms with van der Waals surface area (Å²) in [5, 5.41) is 11.8. The van der Waals surface area contributed by atoms with Gasteiger partial charge in [0.25, 0.3) is 0 Å². The smallest absolute Gasteiger partial charge is 0.0984 e. The minimum atomic E-state index is 0.521. The summed E-state index contributed by atoms with van der Waals surface area (Å²) < 4.78 is 1.86. The topological polar surface area (TPSA) is 72.6 Å². The number of likely N-dealkylation sites (tertiary alicyclic amines) is 1. The maximum atomic E-state index is 4.94. The first-order valence-corrected chi connectivity index (χ1v) is 11.6. The first-order valence-electron chi connectivity index (χ1n) is 10.7. The second-order valence-electron chi connectivity index (χ2n) is 7.94. The number of aromatic nitrogens is 6. The maximum absolute atomic E-state index is 4.94. The van der Waals surface area contributed by atoms with E-state index in [0.29, 0.717) is 12.5 Å². The fourth-order valence-corrected chi connectivity index (χ4v) is 4.71. The molecular formula is C23H25N7S. The van der Waals surface area contributed by atoms with E-state index in [9.17, 15) is 0 Å². The number of hydrogen-bond acceptors (Lipinski definition) is 7. The lowest BCUT2D eigenvalue weighted by Crippen LogP contribution is -2.32. The van der Waals surface area contributed by atoms with Gasteiger partial charge >= 0.3 is 0 Å².